The molecule has 4 heterocycles. The number of hydrogen-bond acceptors (Lipinski definition) is 4. The van der Waals surface area contributed by atoms with Crippen molar-refractivity contribution in [2.75, 3.05) is 32.8 Å². The molecule has 3 aliphatic heterocycles. The standard InChI is InChI=1S/C19H26F2N4O3/c20-18(21)25-8-4-15(22-25)17(27)23-9-6-19(7-10-23)5-3-16(26)24(13-19)12-14-2-1-11-28-14/h4,8,14,18H,1-3,5-7,9-13H2/t14-/m0/s1. The highest BCUT2D eigenvalue weighted by atomic mass is 19.3. The van der Waals surface area contributed by atoms with E-state index >= 15 is 0 Å². The Morgan fingerprint density at radius 2 is 2.11 bits per heavy atom. The lowest BCUT2D eigenvalue weighted by atomic mass is 9.72. The van der Waals surface area contributed by atoms with E-state index in [1.165, 1.54) is 6.07 Å². The zero-order valence-electron chi connectivity index (χ0n) is 15.9. The topological polar surface area (TPSA) is 67.7 Å². The van der Waals surface area contributed by atoms with E-state index in [4.69, 9.17) is 4.74 Å². The van der Waals surface area contributed by atoms with Gasteiger partial charge in [-0.05, 0) is 43.6 Å². The van der Waals surface area contributed by atoms with Crippen molar-refractivity contribution in [1.29, 1.82) is 0 Å². The van der Waals surface area contributed by atoms with Gasteiger partial charge in [0.05, 0.1) is 6.10 Å². The molecule has 7 nitrogen and oxygen atoms in total. The predicted octanol–water partition coefficient (Wildman–Crippen LogP) is 2.30. The summed E-state index contributed by atoms with van der Waals surface area (Å²) >= 11 is 0. The molecule has 1 spiro atoms. The van der Waals surface area contributed by atoms with Crippen LogP contribution in [0.1, 0.15) is 55.6 Å². The Kier molecular flexibility index (Phi) is 5.35. The molecule has 3 saturated heterocycles. The molecule has 9 heteroatoms. The number of hydrogen-bond donors (Lipinski definition) is 0. The average molecular weight is 396 g/mol. The smallest absolute Gasteiger partial charge is 0.333 e. The van der Waals surface area contributed by atoms with Crippen molar-refractivity contribution in [2.45, 2.75) is 51.2 Å². The number of alkyl halides is 2. The van der Waals surface area contributed by atoms with Crippen LogP contribution in [0.25, 0.3) is 0 Å². The van der Waals surface area contributed by atoms with Crippen molar-refractivity contribution in [3.8, 4) is 0 Å². The summed E-state index contributed by atoms with van der Waals surface area (Å²) in [7, 11) is 0. The summed E-state index contributed by atoms with van der Waals surface area (Å²) < 4.78 is 31.5. The van der Waals surface area contributed by atoms with Crippen molar-refractivity contribution in [1.82, 2.24) is 19.6 Å². The molecular formula is C19H26F2N4O3. The molecule has 28 heavy (non-hydrogen) atoms. The van der Waals surface area contributed by atoms with Gasteiger partial charge in [-0.2, -0.15) is 13.9 Å². The number of carbonyl (C=O) groups is 2. The minimum Gasteiger partial charge on any atom is -0.376 e. The molecule has 3 aliphatic rings. The van der Waals surface area contributed by atoms with Gasteiger partial charge >= 0.3 is 6.55 Å². The van der Waals surface area contributed by atoms with E-state index in [9.17, 15) is 18.4 Å². The number of rotatable bonds is 4. The number of likely N-dealkylation sites (tertiary alicyclic amines) is 2. The summed E-state index contributed by atoms with van der Waals surface area (Å²) in [6.07, 6.45) is 6.33. The minimum atomic E-state index is -2.75. The Bertz CT molecular complexity index is 725. The highest BCUT2D eigenvalue weighted by molar-refractivity contribution is 5.92. The average Bonchev–Trinajstić information content (AvgIpc) is 3.37. The van der Waals surface area contributed by atoms with E-state index in [1.54, 1.807) is 4.90 Å². The van der Waals surface area contributed by atoms with E-state index in [0.29, 0.717) is 37.3 Å². The van der Waals surface area contributed by atoms with Crippen molar-refractivity contribution in [3.63, 3.8) is 0 Å². The number of halogens is 2. The fraction of sp³-hybridized carbons (Fsp3) is 0.737. The summed E-state index contributed by atoms with van der Waals surface area (Å²) in [6.45, 7) is 0.518. The van der Waals surface area contributed by atoms with E-state index in [0.717, 1.165) is 44.9 Å². The molecule has 0 N–H and O–H groups in total. The maximum Gasteiger partial charge on any atom is 0.333 e. The highest BCUT2D eigenvalue weighted by Crippen LogP contribution is 2.40. The van der Waals surface area contributed by atoms with Gasteiger partial charge in [0.1, 0.15) is 0 Å². The van der Waals surface area contributed by atoms with Crippen LogP contribution in [0.2, 0.25) is 0 Å². The molecule has 1 aromatic rings. The van der Waals surface area contributed by atoms with Crippen LogP contribution in [0.5, 0.6) is 0 Å². The maximum atomic E-state index is 12.7. The maximum absolute atomic E-state index is 12.7. The second kappa shape index (κ2) is 7.77. The largest absolute Gasteiger partial charge is 0.376 e. The van der Waals surface area contributed by atoms with Crippen molar-refractivity contribution < 1.29 is 23.1 Å². The Morgan fingerprint density at radius 3 is 2.75 bits per heavy atom. The first-order valence-electron chi connectivity index (χ1n) is 9.98. The number of carbonyl (C=O) groups excluding carboxylic acids is 2. The number of nitrogens with zero attached hydrogens (tertiary/aromatic N) is 4. The normalized spacial score (nSPS) is 25.1. The van der Waals surface area contributed by atoms with Crippen molar-refractivity contribution >= 4 is 11.8 Å². The van der Waals surface area contributed by atoms with Crippen LogP contribution in [0.3, 0.4) is 0 Å². The summed E-state index contributed by atoms with van der Waals surface area (Å²) in [5, 5.41) is 3.68. The number of ether oxygens (including phenoxy) is 1. The van der Waals surface area contributed by atoms with Crippen LogP contribution >= 0.6 is 0 Å². The first-order chi connectivity index (χ1) is 13.5. The summed E-state index contributed by atoms with van der Waals surface area (Å²) in [5.41, 5.74) is 0.0844. The van der Waals surface area contributed by atoms with E-state index < -0.39 is 6.55 Å². The summed E-state index contributed by atoms with van der Waals surface area (Å²) in [5.74, 6) is -0.116. The van der Waals surface area contributed by atoms with Crippen LogP contribution in [-0.2, 0) is 9.53 Å². The lowest BCUT2D eigenvalue weighted by Crippen LogP contribution is -2.53. The quantitative estimate of drug-likeness (QED) is 0.783. The highest BCUT2D eigenvalue weighted by Gasteiger charge is 2.42. The van der Waals surface area contributed by atoms with E-state index in [2.05, 4.69) is 5.10 Å². The van der Waals surface area contributed by atoms with E-state index in [1.807, 2.05) is 4.90 Å². The van der Waals surface area contributed by atoms with E-state index in [-0.39, 0.29) is 29.0 Å². The number of amides is 2. The molecule has 0 bridgehead atoms. The third-order valence-corrected chi connectivity index (χ3v) is 6.33. The van der Waals surface area contributed by atoms with Gasteiger partial charge in [0.2, 0.25) is 5.91 Å². The van der Waals surface area contributed by atoms with Gasteiger partial charge in [-0.3, -0.25) is 9.59 Å². The molecule has 1 aromatic heterocycles. The van der Waals surface area contributed by atoms with Crippen LogP contribution < -0.4 is 0 Å². The van der Waals surface area contributed by atoms with Crippen molar-refractivity contribution in [3.05, 3.63) is 18.0 Å². The van der Waals surface area contributed by atoms with Crippen LogP contribution in [-0.4, -0.2) is 70.3 Å². The first kappa shape index (κ1) is 19.3. The Balaban J connectivity index is 1.35. The second-order valence-electron chi connectivity index (χ2n) is 8.16. The minimum absolute atomic E-state index is 0.0334. The zero-order chi connectivity index (χ0) is 19.7. The molecule has 0 saturated carbocycles. The summed E-state index contributed by atoms with van der Waals surface area (Å²) in [6, 6.07) is 1.33. The van der Waals surface area contributed by atoms with Gasteiger partial charge in [0.25, 0.3) is 5.91 Å². The van der Waals surface area contributed by atoms with Gasteiger partial charge in [-0.1, -0.05) is 0 Å². The molecule has 0 aromatic carbocycles. The number of aromatic nitrogens is 2. The Morgan fingerprint density at radius 1 is 1.32 bits per heavy atom. The van der Waals surface area contributed by atoms with Gasteiger partial charge in [-0.25, -0.2) is 4.68 Å². The molecule has 4 rings (SSSR count). The zero-order valence-corrected chi connectivity index (χ0v) is 15.9. The second-order valence-corrected chi connectivity index (χ2v) is 8.16. The lowest BCUT2D eigenvalue weighted by Gasteiger charge is -2.47. The molecule has 0 unspecified atom stereocenters. The molecule has 154 valence electrons. The third kappa shape index (κ3) is 3.90. The monoisotopic (exact) mass is 396 g/mol. The van der Waals surface area contributed by atoms with Gasteiger partial charge < -0.3 is 14.5 Å². The third-order valence-electron chi connectivity index (χ3n) is 6.33. The van der Waals surface area contributed by atoms with Gasteiger partial charge in [-0.15, -0.1) is 0 Å². The Hall–Kier alpha value is -2.03. The first-order valence-corrected chi connectivity index (χ1v) is 9.98. The molecule has 1 atom stereocenters. The Labute approximate surface area is 162 Å². The van der Waals surface area contributed by atoms with Crippen molar-refractivity contribution in [2.24, 2.45) is 5.41 Å². The molecule has 2 amide bonds. The van der Waals surface area contributed by atoms with Gasteiger partial charge in [0.15, 0.2) is 5.69 Å². The fourth-order valence-electron chi connectivity index (χ4n) is 4.62. The fourth-order valence-corrected chi connectivity index (χ4v) is 4.62. The summed E-state index contributed by atoms with van der Waals surface area (Å²) in [4.78, 5) is 28.6. The predicted molar refractivity (Wildman–Crippen MR) is 95.8 cm³/mol. The molecular weight excluding hydrogens is 370 g/mol. The van der Waals surface area contributed by atoms with Crippen LogP contribution in [0.4, 0.5) is 8.78 Å². The van der Waals surface area contributed by atoms with Crippen LogP contribution in [0.15, 0.2) is 12.3 Å². The molecule has 3 fully saturated rings. The molecule has 0 aliphatic carbocycles. The SMILES string of the molecule is O=C1CCC2(CCN(C(=O)c3ccn(C(F)F)n3)CC2)CN1C[C@@H]1CCCO1. The molecule has 0 radical (unpaired) electrons. The van der Waals surface area contributed by atoms with Crippen LogP contribution in [0, 0.1) is 5.41 Å². The van der Waals surface area contributed by atoms with Gasteiger partial charge in [0, 0.05) is 45.4 Å². The lowest BCUT2D eigenvalue weighted by molar-refractivity contribution is -0.141. The number of piperidine rings is 2.